The van der Waals surface area contributed by atoms with Gasteiger partial charge in [-0.25, -0.2) is 0 Å². The lowest BCUT2D eigenvalue weighted by Gasteiger charge is -2.36. The molecule has 2 aromatic heterocycles. The fourth-order valence-corrected chi connectivity index (χ4v) is 3.01. The second-order valence-electron chi connectivity index (χ2n) is 6.15. The highest BCUT2D eigenvalue weighted by atomic mass is 16.5. The van der Waals surface area contributed by atoms with Crippen LogP contribution in [0.4, 0.5) is 5.95 Å². The molecule has 0 aliphatic carbocycles. The Kier molecular flexibility index (Phi) is 5.19. The lowest BCUT2D eigenvalue weighted by Crippen LogP contribution is -2.46. The van der Waals surface area contributed by atoms with E-state index in [1.54, 1.807) is 29.0 Å². The van der Waals surface area contributed by atoms with Crippen molar-refractivity contribution >= 4 is 11.9 Å². The van der Waals surface area contributed by atoms with E-state index in [-0.39, 0.29) is 24.0 Å². The molecule has 1 fully saturated rings. The molecule has 0 aromatic carbocycles. The van der Waals surface area contributed by atoms with Gasteiger partial charge in [0.1, 0.15) is 0 Å². The lowest BCUT2D eigenvalue weighted by atomic mass is 10.0. The summed E-state index contributed by atoms with van der Waals surface area (Å²) < 4.78 is 11.8. The zero-order valence-corrected chi connectivity index (χ0v) is 15.4. The van der Waals surface area contributed by atoms with E-state index in [0.717, 1.165) is 25.9 Å². The second-order valence-corrected chi connectivity index (χ2v) is 6.15. The lowest BCUT2D eigenvalue weighted by molar-refractivity contribution is 0.0709. The number of aryl methyl sites for hydroxylation is 1. The molecule has 0 saturated carbocycles. The van der Waals surface area contributed by atoms with Gasteiger partial charge in [-0.1, -0.05) is 0 Å². The Hall–Kier alpha value is -2.91. The van der Waals surface area contributed by atoms with E-state index in [4.69, 9.17) is 9.47 Å². The predicted molar refractivity (Wildman–Crippen MR) is 93.5 cm³/mol. The van der Waals surface area contributed by atoms with E-state index in [2.05, 4.69) is 20.1 Å². The van der Waals surface area contributed by atoms with Gasteiger partial charge >= 0.3 is 12.0 Å². The number of anilines is 1. The van der Waals surface area contributed by atoms with Gasteiger partial charge in [-0.2, -0.15) is 15.1 Å². The number of amides is 1. The van der Waals surface area contributed by atoms with Crippen LogP contribution in [0.1, 0.15) is 23.2 Å². The first-order valence-corrected chi connectivity index (χ1v) is 8.36. The number of methoxy groups -OCH3 is 2. The monoisotopic (exact) mass is 361 g/mol. The molecule has 1 aliphatic rings. The average molecular weight is 361 g/mol. The first-order valence-electron chi connectivity index (χ1n) is 8.36. The first-order chi connectivity index (χ1) is 12.5. The SMILES string of the molecule is COc1nc(OC)nc(N2CCC(N(C)C(=O)c3cnn(C)c3)CC2)n1. The number of nitrogens with zero attached hydrogens (tertiary/aromatic N) is 7. The molecule has 1 saturated heterocycles. The molecule has 26 heavy (non-hydrogen) atoms. The number of ether oxygens (including phenoxy) is 2. The van der Waals surface area contributed by atoms with Crippen LogP contribution in [0.5, 0.6) is 12.0 Å². The minimum atomic E-state index is -0.0138. The Morgan fingerprint density at radius 2 is 1.77 bits per heavy atom. The van der Waals surface area contributed by atoms with E-state index in [9.17, 15) is 4.79 Å². The number of carbonyl (C=O) groups is 1. The molecule has 0 bridgehead atoms. The third-order valence-corrected chi connectivity index (χ3v) is 4.51. The highest BCUT2D eigenvalue weighted by Crippen LogP contribution is 2.23. The summed E-state index contributed by atoms with van der Waals surface area (Å²) in [5.74, 6) is 0.508. The van der Waals surface area contributed by atoms with E-state index < -0.39 is 0 Å². The van der Waals surface area contributed by atoms with Gasteiger partial charge in [0.25, 0.3) is 5.91 Å². The Bertz CT molecular complexity index is 749. The summed E-state index contributed by atoms with van der Waals surface area (Å²) in [6.07, 6.45) is 4.96. The summed E-state index contributed by atoms with van der Waals surface area (Å²) in [7, 11) is 6.64. The molecule has 140 valence electrons. The molecule has 3 rings (SSSR count). The molecule has 10 nitrogen and oxygen atoms in total. The average Bonchev–Trinajstić information content (AvgIpc) is 3.12. The largest absolute Gasteiger partial charge is 0.467 e. The number of rotatable bonds is 5. The molecule has 1 amide bonds. The van der Waals surface area contributed by atoms with Gasteiger partial charge in [0.2, 0.25) is 5.95 Å². The van der Waals surface area contributed by atoms with Crippen LogP contribution in [-0.2, 0) is 7.05 Å². The summed E-state index contributed by atoms with van der Waals surface area (Å²) in [6, 6.07) is 0.597. The van der Waals surface area contributed by atoms with Crippen molar-refractivity contribution in [3.63, 3.8) is 0 Å². The highest BCUT2D eigenvalue weighted by molar-refractivity contribution is 5.93. The van der Waals surface area contributed by atoms with Gasteiger partial charge in [0, 0.05) is 39.4 Å². The maximum absolute atomic E-state index is 12.6. The van der Waals surface area contributed by atoms with Crippen LogP contribution >= 0.6 is 0 Å². The maximum Gasteiger partial charge on any atom is 0.324 e. The molecule has 0 unspecified atom stereocenters. The molecular weight excluding hydrogens is 338 g/mol. The molecule has 1 aliphatic heterocycles. The Balaban J connectivity index is 1.64. The Labute approximate surface area is 151 Å². The van der Waals surface area contributed by atoms with E-state index >= 15 is 0 Å². The molecule has 10 heteroatoms. The number of aromatic nitrogens is 5. The quantitative estimate of drug-likeness (QED) is 0.753. The van der Waals surface area contributed by atoms with Crippen molar-refractivity contribution in [2.24, 2.45) is 7.05 Å². The zero-order chi connectivity index (χ0) is 18.7. The van der Waals surface area contributed by atoms with Crippen molar-refractivity contribution in [1.82, 2.24) is 29.6 Å². The van der Waals surface area contributed by atoms with Crippen LogP contribution in [0.25, 0.3) is 0 Å². The predicted octanol–water partition coefficient (Wildman–Crippen LogP) is 0.363. The van der Waals surface area contributed by atoms with Crippen LogP contribution in [0.3, 0.4) is 0 Å². The minimum absolute atomic E-state index is 0.0138. The van der Waals surface area contributed by atoms with Crippen LogP contribution in [0.2, 0.25) is 0 Å². The first kappa shape index (κ1) is 17.9. The van der Waals surface area contributed by atoms with Gasteiger partial charge in [-0.3, -0.25) is 9.48 Å². The summed E-state index contributed by atoms with van der Waals surface area (Å²) in [6.45, 7) is 1.46. The van der Waals surface area contributed by atoms with Gasteiger partial charge < -0.3 is 19.3 Å². The van der Waals surface area contributed by atoms with Gasteiger partial charge in [0.05, 0.1) is 26.0 Å². The van der Waals surface area contributed by atoms with Crippen molar-refractivity contribution in [2.75, 3.05) is 39.3 Å². The molecule has 0 radical (unpaired) electrons. The molecule has 2 aromatic rings. The second kappa shape index (κ2) is 7.54. The fourth-order valence-electron chi connectivity index (χ4n) is 3.01. The number of carbonyl (C=O) groups excluding carboxylic acids is 1. The molecule has 3 heterocycles. The topological polar surface area (TPSA) is 98.5 Å². The van der Waals surface area contributed by atoms with Crippen molar-refractivity contribution in [2.45, 2.75) is 18.9 Å². The molecule has 0 N–H and O–H groups in total. The minimum Gasteiger partial charge on any atom is -0.467 e. The summed E-state index contributed by atoms with van der Waals surface area (Å²) >= 11 is 0. The highest BCUT2D eigenvalue weighted by Gasteiger charge is 2.28. The van der Waals surface area contributed by atoms with E-state index in [1.165, 1.54) is 14.2 Å². The van der Waals surface area contributed by atoms with Crippen molar-refractivity contribution < 1.29 is 14.3 Å². The molecular formula is C16H23N7O3. The standard InChI is InChI=1S/C16H23N7O3/c1-21-10-11(9-17-21)13(24)22(2)12-5-7-23(8-6-12)14-18-15(25-3)20-16(19-14)26-4/h9-10,12H,5-8H2,1-4H3. The number of piperidine rings is 1. The normalized spacial score (nSPS) is 15.0. The van der Waals surface area contributed by atoms with Gasteiger partial charge in [0.15, 0.2) is 0 Å². The van der Waals surface area contributed by atoms with E-state index in [0.29, 0.717) is 11.5 Å². The van der Waals surface area contributed by atoms with Crippen LogP contribution < -0.4 is 14.4 Å². The smallest absolute Gasteiger partial charge is 0.324 e. The third-order valence-electron chi connectivity index (χ3n) is 4.51. The fraction of sp³-hybridized carbons (Fsp3) is 0.562. The van der Waals surface area contributed by atoms with Crippen LogP contribution in [0.15, 0.2) is 12.4 Å². The molecule has 0 atom stereocenters. The Morgan fingerprint density at radius 1 is 1.15 bits per heavy atom. The number of hydrogen-bond acceptors (Lipinski definition) is 8. The Morgan fingerprint density at radius 3 is 2.27 bits per heavy atom. The van der Waals surface area contributed by atoms with Crippen LogP contribution in [0, 0.1) is 0 Å². The molecule has 0 spiro atoms. The van der Waals surface area contributed by atoms with Gasteiger partial charge in [-0.05, 0) is 12.8 Å². The van der Waals surface area contributed by atoms with Crippen molar-refractivity contribution in [3.05, 3.63) is 18.0 Å². The van der Waals surface area contributed by atoms with Gasteiger partial charge in [-0.15, -0.1) is 4.98 Å². The maximum atomic E-state index is 12.6. The van der Waals surface area contributed by atoms with Crippen molar-refractivity contribution in [3.8, 4) is 12.0 Å². The zero-order valence-electron chi connectivity index (χ0n) is 15.4. The number of hydrogen-bond donors (Lipinski definition) is 0. The van der Waals surface area contributed by atoms with E-state index in [1.807, 2.05) is 11.9 Å². The summed E-state index contributed by atoms with van der Waals surface area (Å²) in [4.78, 5) is 29.0. The van der Waals surface area contributed by atoms with Crippen molar-refractivity contribution in [1.29, 1.82) is 0 Å². The summed E-state index contributed by atoms with van der Waals surface area (Å²) in [5.41, 5.74) is 0.601. The summed E-state index contributed by atoms with van der Waals surface area (Å²) in [5, 5.41) is 4.06. The van der Waals surface area contributed by atoms with Crippen LogP contribution in [-0.4, -0.2) is 75.9 Å². The third kappa shape index (κ3) is 3.68.